The second-order valence-electron chi connectivity index (χ2n) is 1.89. The van der Waals surface area contributed by atoms with E-state index in [9.17, 15) is 0 Å². The third-order valence-electron chi connectivity index (χ3n) is 0.864. The zero-order valence-electron chi connectivity index (χ0n) is 7.76. The number of hydrogen-bond donors (Lipinski definition) is 3. The molecule has 0 aromatic carbocycles. The lowest BCUT2D eigenvalue weighted by Gasteiger charge is -2.17. The summed E-state index contributed by atoms with van der Waals surface area (Å²) in [7, 11) is 0. The minimum Gasteiger partial charge on any atom is -0.412 e. The molecule has 0 saturated heterocycles. The van der Waals surface area contributed by atoms with E-state index in [2.05, 4.69) is 0 Å². The van der Waals surface area contributed by atoms with Crippen LogP contribution in [0.4, 0.5) is 0 Å². The molecule has 0 aliphatic heterocycles. The molecule has 0 aliphatic rings. The lowest BCUT2D eigenvalue weighted by atomic mass is 10.8. The van der Waals surface area contributed by atoms with E-state index < -0.39 is 0 Å². The van der Waals surface area contributed by atoms with Crippen LogP contribution in [0.15, 0.2) is 0 Å². The Balaban J connectivity index is -0.000000720. The van der Waals surface area contributed by atoms with Crippen molar-refractivity contribution in [1.82, 2.24) is 5.39 Å². The van der Waals surface area contributed by atoms with E-state index in [1.165, 1.54) is 0 Å². The first-order chi connectivity index (χ1) is 6.35. The maximum Gasteiger partial charge on any atom is 0.0967 e. The Morgan fingerprint density at radius 3 is 1.20 bits per heavy atom. The Kier molecular flexibility index (Phi) is 21.6. The van der Waals surface area contributed by atoms with Crippen LogP contribution < -0.4 is 0 Å². The smallest absolute Gasteiger partial charge is 0.0967 e. The molecule has 0 aromatic heterocycles. The summed E-state index contributed by atoms with van der Waals surface area (Å²) >= 11 is 0. The molecule has 0 saturated carbocycles. The summed E-state index contributed by atoms with van der Waals surface area (Å²) in [6.45, 7) is -0.505. The number of aliphatic hydroxyl groups is 3. The SMILES string of the molecule is C.O.OCCON(OCCO)OCCO. The quantitative estimate of drug-likeness (QED) is 0.387. The predicted octanol–water partition coefficient (Wildman–Crippen LogP) is -2.13. The average Bonchev–Trinajstić information content (AvgIpc) is 2.17. The molecule has 8 nitrogen and oxygen atoms in total. The maximum atomic E-state index is 8.40. The molecule has 0 aliphatic carbocycles. The molecular weight excluding hydrogens is 210 g/mol. The fourth-order valence-corrected chi connectivity index (χ4v) is 0.458. The van der Waals surface area contributed by atoms with E-state index in [0.29, 0.717) is 5.39 Å². The fourth-order valence-electron chi connectivity index (χ4n) is 0.458. The first-order valence-corrected chi connectivity index (χ1v) is 3.86. The Morgan fingerprint density at radius 2 is 1.00 bits per heavy atom. The van der Waals surface area contributed by atoms with Gasteiger partial charge in [-0.25, -0.2) is 14.5 Å². The molecule has 0 spiro atoms. The first kappa shape index (κ1) is 20.1. The van der Waals surface area contributed by atoms with Crippen molar-refractivity contribution in [2.45, 2.75) is 7.43 Å². The van der Waals surface area contributed by atoms with Crippen LogP contribution in [0.1, 0.15) is 7.43 Å². The number of aliphatic hydroxyl groups excluding tert-OH is 3. The molecule has 8 heteroatoms. The highest BCUT2D eigenvalue weighted by atomic mass is 17.2. The monoisotopic (exact) mass is 231 g/mol. The van der Waals surface area contributed by atoms with Crippen molar-refractivity contribution in [3.05, 3.63) is 0 Å². The number of hydrogen-bond acceptors (Lipinski definition) is 7. The van der Waals surface area contributed by atoms with Gasteiger partial charge in [0.1, 0.15) is 0 Å². The van der Waals surface area contributed by atoms with E-state index in [1.54, 1.807) is 0 Å². The van der Waals surface area contributed by atoms with Crippen LogP contribution >= 0.6 is 0 Å². The summed E-state index contributed by atoms with van der Waals surface area (Å²) in [6.07, 6.45) is 0. The molecule has 15 heavy (non-hydrogen) atoms. The van der Waals surface area contributed by atoms with Gasteiger partial charge in [-0.15, -0.1) is 0 Å². The molecule has 0 rings (SSSR count). The topological polar surface area (TPSA) is 123 Å². The van der Waals surface area contributed by atoms with Crippen LogP contribution in [0, 0.1) is 0 Å². The summed E-state index contributed by atoms with van der Waals surface area (Å²) in [4.78, 5) is 14.1. The summed E-state index contributed by atoms with van der Waals surface area (Å²) < 4.78 is 0. The van der Waals surface area contributed by atoms with Gasteiger partial charge in [0.2, 0.25) is 0 Å². The Morgan fingerprint density at radius 1 is 0.733 bits per heavy atom. The van der Waals surface area contributed by atoms with Crippen LogP contribution in [0.25, 0.3) is 0 Å². The van der Waals surface area contributed by atoms with Gasteiger partial charge in [-0.3, -0.25) is 0 Å². The van der Waals surface area contributed by atoms with E-state index >= 15 is 0 Å². The third-order valence-corrected chi connectivity index (χ3v) is 0.864. The van der Waals surface area contributed by atoms with Gasteiger partial charge in [-0.05, 0) is 0 Å². The van der Waals surface area contributed by atoms with E-state index in [1.807, 2.05) is 0 Å². The molecule has 0 fully saturated rings. The van der Waals surface area contributed by atoms with Crippen LogP contribution in [0.2, 0.25) is 0 Å². The third kappa shape index (κ3) is 13.7. The molecule has 0 bridgehead atoms. The molecule has 0 unspecified atom stereocenters. The minimum absolute atomic E-state index is 0. The highest BCUT2D eigenvalue weighted by Crippen LogP contribution is 1.93. The van der Waals surface area contributed by atoms with Crippen LogP contribution in [0.3, 0.4) is 0 Å². The van der Waals surface area contributed by atoms with Gasteiger partial charge in [-0.2, -0.15) is 0 Å². The molecule has 0 aromatic rings. The Bertz CT molecular complexity index is 86.3. The lowest BCUT2D eigenvalue weighted by Crippen LogP contribution is -2.28. The van der Waals surface area contributed by atoms with Crippen molar-refractivity contribution < 1.29 is 35.3 Å². The van der Waals surface area contributed by atoms with Gasteiger partial charge in [0.05, 0.1) is 45.0 Å². The highest BCUT2D eigenvalue weighted by Gasteiger charge is 2.05. The molecule has 0 amide bonds. The van der Waals surface area contributed by atoms with Crippen molar-refractivity contribution in [2.75, 3.05) is 39.6 Å². The molecule has 0 atom stereocenters. The molecular formula is C7H21NO7. The molecule has 96 valence electrons. The van der Waals surface area contributed by atoms with Crippen molar-refractivity contribution in [3.63, 3.8) is 0 Å². The number of rotatable bonds is 9. The summed E-state index contributed by atoms with van der Waals surface area (Å²) in [5.41, 5.74) is 0. The van der Waals surface area contributed by atoms with Gasteiger partial charge < -0.3 is 20.8 Å². The standard InChI is InChI=1S/C6H15NO6.CH4.H2O/c8-1-4-11-7(12-5-2-9)13-6-3-10;;/h8-10H,1-6H2;1H4;1H2. The maximum absolute atomic E-state index is 8.40. The van der Waals surface area contributed by atoms with E-state index in [0.717, 1.165) is 0 Å². The predicted molar refractivity (Wildman–Crippen MR) is 51.3 cm³/mol. The first-order valence-electron chi connectivity index (χ1n) is 3.86. The van der Waals surface area contributed by atoms with Crippen molar-refractivity contribution in [1.29, 1.82) is 0 Å². The normalized spacial score (nSPS) is 9.60. The Hall–Kier alpha value is -0.320. The van der Waals surface area contributed by atoms with Gasteiger partial charge in [0, 0.05) is 0 Å². The zero-order valence-corrected chi connectivity index (χ0v) is 7.76. The van der Waals surface area contributed by atoms with Gasteiger partial charge in [0.25, 0.3) is 0 Å². The number of nitrogens with zero attached hydrogens (tertiary/aromatic N) is 1. The molecule has 0 radical (unpaired) electrons. The summed E-state index contributed by atoms with van der Waals surface area (Å²) in [5, 5.41) is 25.9. The zero-order chi connectivity index (χ0) is 9.94. The second-order valence-corrected chi connectivity index (χ2v) is 1.89. The summed E-state index contributed by atoms with van der Waals surface area (Å²) in [6, 6.07) is 0. The van der Waals surface area contributed by atoms with Crippen LogP contribution in [-0.2, 0) is 14.5 Å². The molecule has 0 heterocycles. The minimum atomic E-state index is -0.179. The fraction of sp³-hybridized carbons (Fsp3) is 1.00. The van der Waals surface area contributed by atoms with Crippen LogP contribution in [0.5, 0.6) is 0 Å². The van der Waals surface area contributed by atoms with Crippen molar-refractivity contribution in [2.24, 2.45) is 0 Å². The van der Waals surface area contributed by atoms with E-state index in [4.69, 9.17) is 29.8 Å². The van der Waals surface area contributed by atoms with Crippen LogP contribution in [-0.4, -0.2) is 65.8 Å². The van der Waals surface area contributed by atoms with Crippen molar-refractivity contribution >= 4 is 0 Å². The van der Waals surface area contributed by atoms with Gasteiger partial charge in [0.15, 0.2) is 0 Å². The Labute approximate surface area is 88.8 Å². The van der Waals surface area contributed by atoms with E-state index in [-0.39, 0.29) is 52.5 Å². The highest BCUT2D eigenvalue weighted by molar-refractivity contribution is 4.19. The van der Waals surface area contributed by atoms with Crippen molar-refractivity contribution in [3.8, 4) is 0 Å². The average molecular weight is 231 g/mol. The van der Waals surface area contributed by atoms with Gasteiger partial charge in [-0.1, -0.05) is 7.43 Å². The molecule has 5 N–H and O–H groups in total. The lowest BCUT2D eigenvalue weighted by molar-refractivity contribution is -0.527. The largest absolute Gasteiger partial charge is 0.412 e. The summed E-state index contributed by atoms with van der Waals surface area (Å²) in [5.74, 6) is 0. The second kappa shape index (κ2) is 16.1. The van der Waals surface area contributed by atoms with Gasteiger partial charge >= 0.3 is 0 Å².